The van der Waals surface area contributed by atoms with Crippen LogP contribution in [0.2, 0.25) is 0 Å². The number of halogens is 1. The number of piperidine rings is 1. The third-order valence-electron chi connectivity index (χ3n) is 3.33. The first-order chi connectivity index (χ1) is 9.15. The third kappa shape index (κ3) is 4.51. The lowest BCUT2D eigenvalue weighted by Crippen LogP contribution is -2.47. The summed E-state index contributed by atoms with van der Waals surface area (Å²) in [6.07, 6.45) is 3.54. The van der Waals surface area contributed by atoms with Crippen LogP contribution in [-0.4, -0.2) is 29.8 Å². The zero-order valence-electron chi connectivity index (χ0n) is 10.6. The molecule has 2 atom stereocenters. The second-order valence-corrected chi connectivity index (χ2v) is 5.69. The van der Waals surface area contributed by atoms with Crippen molar-refractivity contribution in [1.82, 2.24) is 5.32 Å². The number of carbonyl (C=O) groups is 1. The molecule has 0 aliphatic carbocycles. The van der Waals surface area contributed by atoms with Gasteiger partial charge in [0.15, 0.2) is 0 Å². The fourth-order valence-electron chi connectivity index (χ4n) is 2.29. The standard InChI is InChI=1S/C14H18BrNO3/c15-10-4-6-12(7-5-10)19-9-8-11-2-1-3-13(16-11)14(17)18/h4-7,11,13,16H,1-3,8-9H2,(H,17,18). The van der Waals surface area contributed by atoms with Gasteiger partial charge in [-0.3, -0.25) is 4.79 Å². The molecule has 2 N–H and O–H groups in total. The lowest BCUT2D eigenvalue weighted by molar-refractivity contribution is -0.140. The van der Waals surface area contributed by atoms with Crippen molar-refractivity contribution in [2.24, 2.45) is 0 Å². The minimum absolute atomic E-state index is 0.241. The normalized spacial score (nSPS) is 23.0. The van der Waals surface area contributed by atoms with E-state index in [2.05, 4.69) is 21.2 Å². The Hall–Kier alpha value is -1.07. The van der Waals surface area contributed by atoms with E-state index in [9.17, 15) is 4.79 Å². The van der Waals surface area contributed by atoms with E-state index in [1.165, 1.54) is 0 Å². The summed E-state index contributed by atoms with van der Waals surface area (Å²) in [4.78, 5) is 10.9. The van der Waals surface area contributed by atoms with Crippen molar-refractivity contribution in [3.63, 3.8) is 0 Å². The maximum absolute atomic E-state index is 10.9. The number of nitrogens with one attached hydrogen (secondary N) is 1. The largest absolute Gasteiger partial charge is 0.494 e. The minimum Gasteiger partial charge on any atom is -0.494 e. The number of benzene rings is 1. The Bertz CT molecular complexity index is 421. The van der Waals surface area contributed by atoms with Crippen molar-refractivity contribution in [3.05, 3.63) is 28.7 Å². The number of hydrogen-bond acceptors (Lipinski definition) is 3. The summed E-state index contributed by atoms with van der Waals surface area (Å²) in [5.74, 6) is 0.0901. The van der Waals surface area contributed by atoms with E-state index in [0.29, 0.717) is 6.61 Å². The van der Waals surface area contributed by atoms with Gasteiger partial charge in [0.2, 0.25) is 0 Å². The van der Waals surface area contributed by atoms with Gasteiger partial charge >= 0.3 is 5.97 Å². The highest BCUT2D eigenvalue weighted by molar-refractivity contribution is 9.10. The van der Waals surface area contributed by atoms with E-state index >= 15 is 0 Å². The molecule has 104 valence electrons. The molecule has 19 heavy (non-hydrogen) atoms. The zero-order chi connectivity index (χ0) is 13.7. The van der Waals surface area contributed by atoms with Crippen LogP contribution in [0, 0.1) is 0 Å². The Morgan fingerprint density at radius 3 is 2.79 bits per heavy atom. The van der Waals surface area contributed by atoms with Crippen LogP contribution >= 0.6 is 15.9 Å². The maximum Gasteiger partial charge on any atom is 0.320 e. The van der Waals surface area contributed by atoms with Gasteiger partial charge in [0.05, 0.1) is 6.61 Å². The van der Waals surface area contributed by atoms with Gasteiger partial charge in [-0.25, -0.2) is 0 Å². The molecule has 1 aliphatic rings. The molecule has 1 fully saturated rings. The van der Waals surface area contributed by atoms with Crippen molar-refractivity contribution < 1.29 is 14.6 Å². The van der Waals surface area contributed by atoms with Crippen LogP contribution < -0.4 is 10.1 Å². The van der Waals surface area contributed by atoms with Crippen LogP contribution in [0.15, 0.2) is 28.7 Å². The van der Waals surface area contributed by atoms with Gasteiger partial charge in [0.25, 0.3) is 0 Å². The molecular formula is C14H18BrNO3. The molecule has 2 unspecified atom stereocenters. The van der Waals surface area contributed by atoms with Crippen LogP contribution in [0.5, 0.6) is 5.75 Å². The number of ether oxygens (including phenoxy) is 1. The Balaban J connectivity index is 1.73. The molecule has 1 aromatic carbocycles. The summed E-state index contributed by atoms with van der Waals surface area (Å²) in [6.45, 7) is 0.603. The summed E-state index contributed by atoms with van der Waals surface area (Å²) < 4.78 is 6.68. The summed E-state index contributed by atoms with van der Waals surface area (Å²) in [5.41, 5.74) is 0. The molecule has 1 aliphatic heterocycles. The summed E-state index contributed by atoms with van der Waals surface area (Å²) in [5, 5.41) is 12.1. The SMILES string of the molecule is O=C(O)C1CCCC(CCOc2ccc(Br)cc2)N1. The van der Waals surface area contributed by atoms with Crippen LogP contribution in [-0.2, 0) is 4.79 Å². The van der Waals surface area contributed by atoms with Crippen LogP contribution in [0.1, 0.15) is 25.7 Å². The van der Waals surface area contributed by atoms with Crippen molar-refractivity contribution in [1.29, 1.82) is 0 Å². The highest BCUT2D eigenvalue weighted by atomic mass is 79.9. The molecule has 0 aromatic heterocycles. The number of carboxylic acid groups (broad SMARTS) is 1. The molecule has 0 bridgehead atoms. The number of rotatable bonds is 5. The summed E-state index contributed by atoms with van der Waals surface area (Å²) >= 11 is 3.38. The van der Waals surface area contributed by atoms with Crippen LogP contribution in [0.25, 0.3) is 0 Å². The smallest absolute Gasteiger partial charge is 0.320 e. The molecule has 1 aromatic rings. The minimum atomic E-state index is -0.751. The predicted octanol–water partition coefficient (Wildman–Crippen LogP) is 2.81. The van der Waals surface area contributed by atoms with E-state index in [1.54, 1.807) is 0 Å². The van der Waals surface area contributed by atoms with Crippen molar-refractivity contribution in [3.8, 4) is 5.75 Å². The third-order valence-corrected chi connectivity index (χ3v) is 3.86. The fourth-order valence-corrected chi connectivity index (χ4v) is 2.56. The highest BCUT2D eigenvalue weighted by Crippen LogP contribution is 2.18. The van der Waals surface area contributed by atoms with Crippen molar-refractivity contribution in [2.45, 2.75) is 37.8 Å². The predicted molar refractivity (Wildman–Crippen MR) is 76.5 cm³/mol. The lowest BCUT2D eigenvalue weighted by Gasteiger charge is -2.28. The van der Waals surface area contributed by atoms with Gasteiger partial charge in [0, 0.05) is 10.5 Å². The topological polar surface area (TPSA) is 58.6 Å². The Labute approximate surface area is 121 Å². The molecule has 0 radical (unpaired) electrons. The van der Waals surface area contributed by atoms with Gasteiger partial charge in [-0.15, -0.1) is 0 Å². The quantitative estimate of drug-likeness (QED) is 0.873. The number of carboxylic acids is 1. The molecule has 0 spiro atoms. The molecule has 2 rings (SSSR count). The first kappa shape index (κ1) is 14.3. The van der Waals surface area contributed by atoms with Crippen LogP contribution in [0.3, 0.4) is 0 Å². The summed E-state index contributed by atoms with van der Waals surface area (Å²) in [6, 6.07) is 7.55. The molecule has 4 nitrogen and oxygen atoms in total. The molecule has 1 saturated heterocycles. The van der Waals surface area contributed by atoms with Crippen LogP contribution in [0.4, 0.5) is 0 Å². The molecule has 1 heterocycles. The van der Waals surface area contributed by atoms with Crippen molar-refractivity contribution in [2.75, 3.05) is 6.61 Å². The van der Waals surface area contributed by atoms with E-state index in [0.717, 1.165) is 35.9 Å². The number of hydrogen-bond donors (Lipinski definition) is 2. The van der Waals surface area contributed by atoms with Gasteiger partial charge < -0.3 is 15.2 Å². The van der Waals surface area contributed by atoms with Gasteiger partial charge in [-0.05, 0) is 49.9 Å². The molecule has 0 amide bonds. The van der Waals surface area contributed by atoms with E-state index in [4.69, 9.17) is 9.84 Å². The van der Waals surface area contributed by atoms with E-state index in [1.807, 2.05) is 24.3 Å². The van der Waals surface area contributed by atoms with E-state index < -0.39 is 12.0 Å². The molecule has 5 heteroatoms. The first-order valence-corrected chi connectivity index (χ1v) is 7.31. The van der Waals surface area contributed by atoms with Gasteiger partial charge in [-0.2, -0.15) is 0 Å². The zero-order valence-corrected chi connectivity index (χ0v) is 12.2. The van der Waals surface area contributed by atoms with E-state index in [-0.39, 0.29) is 6.04 Å². The lowest BCUT2D eigenvalue weighted by atomic mass is 9.97. The second-order valence-electron chi connectivity index (χ2n) is 4.78. The average Bonchev–Trinajstić information content (AvgIpc) is 2.41. The van der Waals surface area contributed by atoms with Gasteiger partial charge in [0.1, 0.15) is 11.8 Å². The van der Waals surface area contributed by atoms with Crippen molar-refractivity contribution >= 4 is 21.9 Å². The molecule has 0 saturated carbocycles. The fraction of sp³-hybridized carbons (Fsp3) is 0.500. The monoisotopic (exact) mass is 327 g/mol. The molecular weight excluding hydrogens is 310 g/mol. The Kier molecular flexibility index (Phi) is 5.22. The maximum atomic E-state index is 10.9. The average molecular weight is 328 g/mol. The summed E-state index contributed by atoms with van der Waals surface area (Å²) in [7, 11) is 0. The first-order valence-electron chi connectivity index (χ1n) is 6.52. The second kappa shape index (κ2) is 6.91. The van der Waals surface area contributed by atoms with Gasteiger partial charge in [-0.1, -0.05) is 15.9 Å². The Morgan fingerprint density at radius 2 is 2.11 bits per heavy atom. The number of aliphatic carboxylic acids is 1. The Morgan fingerprint density at radius 1 is 1.37 bits per heavy atom. The highest BCUT2D eigenvalue weighted by Gasteiger charge is 2.25.